The Morgan fingerprint density at radius 2 is 2.23 bits per heavy atom. The maximum Gasteiger partial charge on any atom is 0.353 e. The summed E-state index contributed by atoms with van der Waals surface area (Å²) in [7, 11) is 0. The number of carboxylic acids is 1. The van der Waals surface area contributed by atoms with Gasteiger partial charge in [0.25, 0.3) is 0 Å². The van der Waals surface area contributed by atoms with Gasteiger partial charge in [0.1, 0.15) is 5.70 Å². The number of aliphatic hydroxyl groups excluding tert-OH is 1. The lowest BCUT2D eigenvalue weighted by molar-refractivity contribution is -0.163. The highest BCUT2D eigenvalue weighted by atomic mass is 32.2. The zero-order chi connectivity index (χ0) is 16.2. The number of aliphatic hydroxyl groups is 1. The number of hydrogen-bond donors (Lipinski definition) is 3. The van der Waals surface area contributed by atoms with Gasteiger partial charge in [-0.3, -0.25) is 4.79 Å². The topological polar surface area (TPSA) is 89.9 Å². The predicted octanol–water partition coefficient (Wildman–Crippen LogP) is 0.563. The SMILES string of the molecule is C[C@@H](O)[C@H]1C(=O)N2C(C(=O)O)=C(S[C@@H]3CNC(=S)C3)[C@H](C)[C@H]12. The highest BCUT2D eigenvalue weighted by molar-refractivity contribution is 8.03. The lowest BCUT2D eigenvalue weighted by Gasteiger charge is -2.46. The van der Waals surface area contributed by atoms with E-state index < -0.39 is 18.0 Å². The molecule has 3 N–H and O–H groups in total. The van der Waals surface area contributed by atoms with E-state index in [1.165, 1.54) is 16.7 Å². The van der Waals surface area contributed by atoms with Gasteiger partial charge in [0.2, 0.25) is 5.91 Å². The molecule has 1 amide bonds. The Balaban J connectivity index is 1.88. The maximum atomic E-state index is 12.2. The number of carbonyl (C=O) groups excluding carboxylic acids is 1. The van der Waals surface area contributed by atoms with Crippen molar-refractivity contribution in [3.63, 3.8) is 0 Å². The zero-order valence-corrected chi connectivity index (χ0v) is 13.9. The molecule has 0 radical (unpaired) electrons. The molecule has 0 aromatic heterocycles. The van der Waals surface area contributed by atoms with Crippen LogP contribution in [0.5, 0.6) is 0 Å². The first-order valence-corrected chi connectivity index (χ1v) is 8.53. The van der Waals surface area contributed by atoms with Gasteiger partial charge >= 0.3 is 5.97 Å². The quantitative estimate of drug-likeness (QED) is 0.508. The van der Waals surface area contributed by atoms with Gasteiger partial charge in [-0.1, -0.05) is 19.1 Å². The van der Waals surface area contributed by atoms with Crippen molar-refractivity contribution in [2.75, 3.05) is 6.54 Å². The Morgan fingerprint density at radius 3 is 2.73 bits per heavy atom. The number of aliphatic carboxylic acids is 1. The summed E-state index contributed by atoms with van der Waals surface area (Å²) in [5, 5.41) is 22.6. The molecule has 0 aromatic carbocycles. The highest BCUT2D eigenvalue weighted by Crippen LogP contribution is 2.51. The first-order chi connectivity index (χ1) is 10.3. The van der Waals surface area contributed by atoms with E-state index in [1.807, 2.05) is 6.92 Å². The summed E-state index contributed by atoms with van der Waals surface area (Å²) in [5.74, 6) is -1.96. The van der Waals surface area contributed by atoms with Gasteiger partial charge in [-0.25, -0.2) is 4.79 Å². The molecule has 2 saturated heterocycles. The number of carbonyl (C=O) groups is 2. The van der Waals surface area contributed by atoms with Crippen LogP contribution in [0.15, 0.2) is 10.6 Å². The molecule has 120 valence electrons. The van der Waals surface area contributed by atoms with Crippen molar-refractivity contribution in [2.24, 2.45) is 11.8 Å². The molecule has 0 aliphatic carbocycles. The van der Waals surface area contributed by atoms with E-state index in [2.05, 4.69) is 5.32 Å². The minimum atomic E-state index is -1.08. The number of nitrogens with one attached hydrogen (secondary N) is 1. The van der Waals surface area contributed by atoms with E-state index in [-0.39, 0.29) is 28.8 Å². The van der Waals surface area contributed by atoms with Crippen molar-refractivity contribution < 1.29 is 19.8 Å². The fourth-order valence-electron chi connectivity index (χ4n) is 3.52. The number of fused-ring (bicyclic) bond motifs is 1. The number of rotatable bonds is 4. The van der Waals surface area contributed by atoms with Crippen LogP contribution in [0.2, 0.25) is 0 Å². The third-order valence-corrected chi connectivity index (χ3v) is 6.34. The van der Waals surface area contributed by atoms with Gasteiger partial charge < -0.3 is 20.4 Å². The van der Waals surface area contributed by atoms with E-state index in [0.29, 0.717) is 6.54 Å². The smallest absolute Gasteiger partial charge is 0.353 e. The summed E-state index contributed by atoms with van der Waals surface area (Å²) >= 11 is 6.62. The zero-order valence-electron chi connectivity index (χ0n) is 12.3. The molecule has 5 atom stereocenters. The summed E-state index contributed by atoms with van der Waals surface area (Å²) in [6, 6.07) is -0.248. The molecule has 0 unspecified atom stereocenters. The third kappa shape index (κ3) is 2.24. The molecule has 0 aromatic rings. The van der Waals surface area contributed by atoms with Gasteiger partial charge in [-0.2, -0.15) is 0 Å². The fourth-order valence-corrected chi connectivity index (χ4v) is 5.34. The second-order valence-corrected chi connectivity index (χ2v) is 7.85. The minimum Gasteiger partial charge on any atom is -0.477 e. The molecule has 3 rings (SSSR count). The molecule has 0 saturated carbocycles. The summed E-state index contributed by atoms with van der Waals surface area (Å²) in [6.45, 7) is 4.22. The third-order valence-electron chi connectivity index (χ3n) is 4.54. The van der Waals surface area contributed by atoms with E-state index in [0.717, 1.165) is 16.3 Å². The second-order valence-electron chi connectivity index (χ2n) is 6.02. The average molecular weight is 342 g/mol. The number of hydrogen-bond acceptors (Lipinski definition) is 5. The normalized spacial score (nSPS) is 35.3. The van der Waals surface area contributed by atoms with Crippen molar-refractivity contribution in [1.82, 2.24) is 10.2 Å². The molecule has 0 bridgehead atoms. The van der Waals surface area contributed by atoms with Crippen LogP contribution in [0.25, 0.3) is 0 Å². The van der Waals surface area contributed by atoms with Crippen LogP contribution in [0.1, 0.15) is 20.3 Å². The van der Waals surface area contributed by atoms with Crippen LogP contribution in [0.4, 0.5) is 0 Å². The van der Waals surface area contributed by atoms with Crippen molar-refractivity contribution in [2.45, 2.75) is 37.7 Å². The summed E-state index contributed by atoms with van der Waals surface area (Å²) in [6.07, 6.45) is -0.0435. The van der Waals surface area contributed by atoms with Crippen molar-refractivity contribution in [3.8, 4) is 0 Å². The second kappa shape index (κ2) is 5.50. The molecule has 8 heteroatoms. The monoisotopic (exact) mass is 342 g/mol. The Morgan fingerprint density at radius 1 is 1.55 bits per heavy atom. The maximum absolute atomic E-state index is 12.2. The van der Waals surface area contributed by atoms with Crippen LogP contribution < -0.4 is 5.32 Å². The van der Waals surface area contributed by atoms with E-state index in [4.69, 9.17) is 12.2 Å². The Labute approximate surface area is 137 Å². The van der Waals surface area contributed by atoms with Crippen LogP contribution in [-0.2, 0) is 9.59 Å². The van der Waals surface area contributed by atoms with Gasteiger partial charge in [-0.05, 0) is 6.92 Å². The molecule has 6 nitrogen and oxygen atoms in total. The Kier molecular flexibility index (Phi) is 3.94. The van der Waals surface area contributed by atoms with E-state index >= 15 is 0 Å². The molecule has 22 heavy (non-hydrogen) atoms. The molecular weight excluding hydrogens is 324 g/mol. The molecular formula is C14H18N2O4S2. The van der Waals surface area contributed by atoms with Crippen LogP contribution in [0, 0.1) is 11.8 Å². The molecule has 2 fully saturated rings. The molecule has 3 heterocycles. The average Bonchev–Trinajstić information content (AvgIpc) is 2.92. The number of thiocarbonyl (C=S) groups is 1. The van der Waals surface area contributed by atoms with Gasteiger partial charge in [0, 0.05) is 29.0 Å². The molecule has 3 aliphatic rings. The molecule has 3 aliphatic heterocycles. The van der Waals surface area contributed by atoms with E-state index in [1.54, 1.807) is 6.92 Å². The first-order valence-electron chi connectivity index (χ1n) is 7.25. The van der Waals surface area contributed by atoms with Crippen molar-refractivity contribution in [3.05, 3.63) is 10.6 Å². The number of β-lactam (4-membered cyclic amide) rings is 1. The largest absolute Gasteiger partial charge is 0.477 e. The summed E-state index contributed by atoms with van der Waals surface area (Å²) in [4.78, 5) is 26.7. The molecule has 0 spiro atoms. The van der Waals surface area contributed by atoms with E-state index in [9.17, 15) is 19.8 Å². The lowest BCUT2D eigenvalue weighted by Crippen LogP contribution is -2.63. The number of thioether (sulfide) groups is 1. The predicted molar refractivity (Wildman–Crippen MR) is 86.2 cm³/mol. The van der Waals surface area contributed by atoms with Gasteiger partial charge in [-0.15, -0.1) is 11.8 Å². The highest BCUT2D eigenvalue weighted by Gasteiger charge is 2.60. The standard InChI is InChI=1S/C14H18N2O4S2/c1-5-10-9(6(2)17)13(18)16(10)11(14(19)20)12(5)22-7-3-8(21)15-4-7/h5-7,9-10,17H,3-4H2,1-2H3,(H,15,21)(H,19,20)/t5-,6-,7+,9-,10-/m1/s1. The van der Waals surface area contributed by atoms with Gasteiger partial charge in [0.15, 0.2) is 0 Å². The lowest BCUT2D eigenvalue weighted by atomic mass is 9.79. The van der Waals surface area contributed by atoms with Gasteiger partial charge in [0.05, 0.1) is 23.1 Å². The Hall–Kier alpha value is -1.12. The Bertz CT molecular complexity index is 589. The van der Waals surface area contributed by atoms with Crippen LogP contribution in [-0.4, -0.2) is 55.9 Å². The fraction of sp³-hybridized carbons (Fsp3) is 0.643. The summed E-state index contributed by atoms with van der Waals surface area (Å²) < 4.78 is 0. The van der Waals surface area contributed by atoms with Crippen LogP contribution >= 0.6 is 24.0 Å². The van der Waals surface area contributed by atoms with Crippen molar-refractivity contribution in [1.29, 1.82) is 0 Å². The first kappa shape index (κ1) is 15.8. The minimum absolute atomic E-state index is 0.0810. The summed E-state index contributed by atoms with van der Waals surface area (Å²) in [5.41, 5.74) is 0.0854. The number of amides is 1. The number of carboxylic acid groups (broad SMARTS) is 1. The number of nitrogens with zero attached hydrogens (tertiary/aromatic N) is 1. The van der Waals surface area contributed by atoms with Crippen LogP contribution in [0.3, 0.4) is 0 Å². The van der Waals surface area contributed by atoms with Crippen molar-refractivity contribution >= 4 is 40.8 Å².